The van der Waals surface area contributed by atoms with E-state index in [4.69, 9.17) is 0 Å². The molecule has 2 rings (SSSR count). The van der Waals surface area contributed by atoms with Gasteiger partial charge in [-0.25, -0.2) is 13.5 Å². The molecule has 0 radical (unpaired) electrons. The lowest BCUT2D eigenvalue weighted by molar-refractivity contribution is 0.0940. The van der Waals surface area contributed by atoms with Crippen molar-refractivity contribution in [3.8, 4) is 0 Å². The molecule has 0 bridgehead atoms. The SMILES string of the molecule is CS(=O)(=O)N1CCCC1CNC(=O)c1ccc(=O)[nH]n1. The largest absolute Gasteiger partial charge is 0.349 e. The fourth-order valence-corrected chi connectivity index (χ4v) is 3.40. The summed E-state index contributed by atoms with van der Waals surface area (Å²) in [4.78, 5) is 22.6. The minimum atomic E-state index is -3.25. The number of amides is 1. The Morgan fingerprint density at radius 2 is 2.30 bits per heavy atom. The van der Waals surface area contributed by atoms with Crippen molar-refractivity contribution in [3.63, 3.8) is 0 Å². The van der Waals surface area contributed by atoms with E-state index in [1.165, 1.54) is 16.4 Å². The zero-order valence-electron chi connectivity index (χ0n) is 11.0. The van der Waals surface area contributed by atoms with Crippen LogP contribution in [0.25, 0.3) is 0 Å². The van der Waals surface area contributed by atoms with Gasteiger partial charge in [0, 0.05) is 25.2 Å². The van der Waals surface area contributed by atoms with Gasteiger partial charge in [-0.2, -0.15) is 9.40 Å². The number of carbonyl (C=O) groups is 1. The lowest BCUT2D eigenvalue weighted by Crippen LogP contribution is -2.42. The first kappa shape index (κ1) is 14.7. The maximum Gasteiger partial charge on any atom is 0.271 e. The van der Waals surface area contributed by atoms with Gasteiger partial charge in [-0.1, -0.05) is 0 Å². The van der Waals surface area contributed by atoms with E-state index in [0.717, 1.165) is 12.7 Å². The second-order valence-corrected chi connectivity index (χ2v) is 6.62. The highest BCUT2D eigenvalue weighted by molar-refractivity contribution is 7.88. The quantitative estimate of drug-likeness (QED) is 0.735. The number of aromatic nitrogens is 2. The van der Waals surface area contributed by atoms with Gasteiger partial charge < -0.3 is 5.32 Å². The zero-order valence-corrected chi connectivity index (χ0v) is 11.8. The second-order valence-electron chi connectivity index (χ2n) is 4.69. The zero-order chi connectivity index (χ0) is 14.8. The lowest BCUT2D eigenvalue weighted by atomic mass is 10.2. The number of nitrogens with zero attached hydrogens (tertiary/aromatic N) is 2. The van der Waals surface area contributed by atoms with Crippen molar-refractivity contribution in [3.05, 3.63) is 28.2 Å². The summed E-state index contributed by atoms with van der Waals surface area (Å²) in [6, 6.07) is 2.30. The highest BCUT2D eigenvalue weighted by Crippen LogP contribution is 2.19. The molecule has 20 heavy (non-hydrogen) atoms. The molecule has 1 fully saturated rings. The van der Waals surface area contributed by atoms with Crippen molar-refractivity contribution in [1.82, 2.24) is 19.8 Å². The molecule has 0 saturated carbocycles. The van der Waals surface area contributed by atoms with E-state index in [2.05, 4.69) is 15.5 Å². The Morgan fingerprint density at radius 1 is 1.55 bits per heavy atom. The van der Waals surface area contributed by atoms with Crippen molar-refractivity contribution in [2.45, 2.75) is 18.9 Å². The van der Waals surface area contributed by atoms with Gasteiger partial charge in [0.25, 0.3) is 11.5 Å². The van der Waals surface area contributed by atoms with E-state index in [1.54, 1.807) is 0 Å². The first-order chi connectivity index (χ1) is 9.38. The molecule has 8 nitrogen and oxygen atoms in total. The van der Waals surface area contributed by atoms with Gasteiger partial charge in [0.2, 0.25) is 10.0 Å². The van der Waals surface area contributed by atoms with Gasteiger partial charge >= 0.3 is 0 Å². The molecule has 1 aliphatic heterocycles. The smallest absolute Gasteiger partial charge is 0.271 e. The predicted molar refractivity (Wildman–Crippen MR) is 71.8 cm³/mol. The summed E-state index contributed by atoms with van der Waals surface area (Å²) in [5.41, 5.74) is -0.297. The van der Waals surface area contributed by atoms with Crippen LogP contribution in [0.4, 0.5) is 0 Å². The molecule has 1 saturated heterocycles. The van der Waals surface area contributed by atoms with Crippen molar-refractivity contribution in [2.24, 2.45) is 0 Å². The third-order valence-corrected chi connectivity index (χ3v) is 4.49. The second kappa shape index (κ2) is 5.71. The number of sulfonamides is 1. The molecule has 0 aromatic carbocycles. The van der Waals surface area contributed by atoms with Crippen LogP contribution in [-0.4, -0.2) is 54.2 Å². The molecular weight excluding hydrogens is 284 g/mol. The fraction of sp³-hybridized carbons (Fsp3) is 0.545. The van der Waals surface area contributed by atoms with Crippen molar-refractivity contribution < 1.29 is 13.2 Å². The molecule has 2 N–H and O–H groups in total. The highest BCUT2D eigenvalue weighted by Gasteiger charge is 2.31. The molecule has 9 heteroatoms. The summed E-state index contributed by atoms with van der Waals surface area (Å²) in [6.45, 7) is 0.711. The molecular formula is C11H16N4O4S. The van der Waals surface area contributed by atoms with Gasteiger partial charge in [0.15, 0.2) is 0 Å². The van der Waals surface area contributed by atoms with Crippen LogP contribution in [-0.2, 0) is 10.0 Å². The number of rotatable bonds is 4. The third-order valence-electron chi connectivity index (χ3n) is 3.16. The number of carbonyl (C=O) groups excluding carboxylic acids is 1. The summed E-state index contributed by atoms with van der Waals surface area (Å²) >= 11 is 0. The number of hydrogen-bond acceptors (Lipinski definition) is 5. The standard InChI is InChI=1S/C11H16N4O4S/c1-20(18,19)15-6-2-3-8(15)7-12-11(17)9-4-5-10(16)14-13-9/h4-5,8H,2-3,6-7H2,1H3,(H,12,17)(H,14,16). The van der Waals surface area contributed by atoms with Crippen molar-refractivity contribution in [2.75, 3.05) is 19.3 Å². The van der Waals surface area contributed by atoms with Gasteiger partial charge in [0.1, 0.15) is 5.69 Å². The van der Waals surface area contributed by atoms with Crippen molar-refractivity contribution in [1.29, 1.82) is 0 Å². The Labute approximate surface area is 116 Å². The molecule has 2 heterocycles. The average molecular weight is 300 g/mol. The number of nitrogens with one attached hydrogen (secondary N) is 2. The Morgan fingerprint density at radius 3 is 2.90 bits per heavy atom. The summed E-state index contributed by atoms with van der Waals surface area (Å²) in [6.07, 6.45) is 2.66. The van der Waals surface area contributed by atoms with E-state index in [1.807, 2.05) is 0 Å². The Kier molecular flexibility index (Phi) is 4.19. The van der Waals surface area contributed by atoms with Gasteiger partial charge in [-0.05, 0) is 18.9 Å². The molecule has 1 aliphatic rings. The number of hydrogen-bond donors (Lipinski definition) is 2. The highest BCUT2D eigenvalue weighted by atomic mass is 32.2. The van der Waals surface area contributed by atoms with E-state index in [0.29, 0.717) is 13.0 Å². The molecule has 0 spiro atoms. The van der Waals surface area contributed by atoms with Crippen LogP contribution in [0.3, 0.4) is 0 Å². The van der Waals surface area contributed by atoms with E-state index in [9.17, 15) is 18.0 Å². The molecule has 1 aromatic rings. The molecule has 110 valence electrons. The Balaban J connectivity index is 1.96. The van der Waals surface area contributed by atoms with Gasteiger partial charge in [0.05, 0.1) is 6.26 Å². The lowest BCUT2D eigenvalue weighted by Gasteiger charge is -2.22. The first-order valence-electron chi connectivity index (χ1n) is 6.18. The van der Waals surface area contributed by atoms with Crippen LogP contribution in [0, 0.1) is 0 Å². The molecule has 0 aliphatic carbocycles. The van der Waals surface area contributed by atoms with Crippen LogP contribution in [0.15, 0.2) is 16.9 Å². The summed E-state index contributed by atoms with van der Waals surface area (Å²) in [5, 5.41) is 8.41. The maximum atomic E-state index is 11.8. The molecule has 1 atom stereocenters. The van der Waals surface area contributed by atoms with E-state index >= 15 is 0 Å². The Bertz CT molecular complexity index is 634. The summed E-state index contributed by atoms with van der Waals surface area (Å²) < 4.78 is 24.5. The minimum absolute atomic E-state index is 0.0912. The van der Waals surface area contributed by atoms with Crippen LogP contribution in [0.5, 0.6) is 0 Å². The van der Waals surface area contributed by atoms with Gasteiger partial charge in [-0.3, -0.25) is 9.59 Å². The van der Waals surface area contributed by atoms with Crippen molar-refractivity contribution >= 4 is 15.9 Å². The summed E-state index contributed by atoms with van der Waals surface area (Å²) in [7, 11) is -3.25. The summed E-state index contributed by atoms with van der Waals surface area (Å²) in [5.74, 6) is -0.443. The Hall–Kier alpha value is -1.74. The van der Waals surface area contributed by atoms with Crippen LogP contribution in [0.1, 0.15) is 23.3 Å². The molecule has 1 unspecified atom stereocenters. The monoisotopic (exact) mass is 300 g/mol. The molecule has 1 aromatic heterocycles. The average Bonchev–Trinajstić information content (AvgIpc) is 2.85. The first-order valence-corrected chi connectivity index (χ1v) is 8.03. The predicted octanol–water partition coefficient (Wildman–Crippen LogP) is -1.08. The normalized spacial score (nSPS) is 19.9. The van der Waals surface area contributed by atoms with E-state index < -0.39 is 15.9 Å². The van der Waals surface area contributed by atoms with Crippen LogP contribution in [0.2, 0.25) is 0 Å². The number of aromatic amines is 1. The van der Waals surface area contributed by atoms with Gasteiger partial charge in [-0.15, -0.1) is 0 Å². The topological polar surface area (TPSA) is 112 Å². The number of H-pyrrole nitrogens is 1. The van der Waals surface area contributed by atoms with E-state index in [-0.39, 0.29) is 23.8 Å². The fourth-order valence-electron chi connectivity index (χ4n) is 2.22. The van der Waals surface area contributed by atoms with Crippen LogP contribution < -0.4 is 10.9 Å². The van der Waals surface area contributed by atoms with Crippen LogP contribution >= 0.6 is 0 Å². The maximum absolute atomic E-state index is 11.8. The minimum Gasteiger partial charge on any atom is -0.349 e. The molecule has 1 amide bonds. The third kappa shape index (κ3) is 3.42.